The molecule has 1 N–H and O–H groups in total. The zero-order valence-corrected chi connectivity index (χ0v) is 15.9. The highest BCUT2D eigenvalue weighted by Crippen LogP contribution is 2.29. The molecular weight excluding hydrogens is 378 g/mol. The van der Waals surface area contributed by atoms with E-state index in [0.717, 1.165) is 34.5 Å². The van der Waals surface area contributed by atoms with Crippen LogP contribution in [0.1, 0.15) is 30.0 Å². The molecule has 2 aromatic heterocycles. The van der Waals surface area contributed by atoms with Crippen molar-refractivity contribution in [2.75, 3.05) is 6.61 Å². The van der Waals surface area contributed by atoms with Gasteiger partial charge < -0.3 is 10.1 Å². The van der Waals surface area contributed by atoms with Gasteiger partial charge in [-0.3, -0.25) is 4.79 Å². The number of esters is 1. The normalized spacial score (nSPS) is 15.6. The van der Waals surface area contributed by atoms with Gasteiger partial charge in [0.05, 0.1) is 10.9 Å². The molecule has 8 nitrogen and oxygen atoms in total. The molecule has 1 amide bonds. The fraction of sp³-hybridized carbons (Fsp3) is 0.316. The summed E-state index contributed by atoms with van der Waals surface area (Å²) in [5.74, 6) is -0.452. The Morgan fingerprint density at radius 3 is 3.00 bits per heavy atom. The van der Waals surface area contributed by atoms with E-state index in [2.05, 4.69) is 26.8 Å². The molecule has 0 fully saturated rings. The summed E-state index contributed by atoms with van der Waals surface area (Å²) in [6.07, 6.45) is 2.92. The molecule has 3 aromatic rings. The maximum absolute atomic E-state index is 12.2. The Hall–Kier alpha value is -3.07. The lowest BCUT2D eigenvalue weighted by Gasteiger charge is -2.26. The van der Waals surface area contributed by atoms with E-state index < -0.39 is 5.97 Å². The van der Waals surface area contributed by atoms with Crippen molar-refractivity contribution in [3.8, 4) is 10.7 Å². The van der Waals surface area contributed by atoms with E-state index in [9.17, 15) is 9.59 Å². The lowest BCUT2D eigenvalue weighted by Crippen LogP contribution is -2.34. The second-order valence-electron chi connectivity index (χ2n) is 6.49. The molecule has 0 saturated heterocycles. The molecular formula is C19H19N5O3S. The number of nitrogens with zero attached hydrogens (tertiary/aromatic N) is 4. The van der Waals surface area contributed by atoms with Gasteiger partial charge in [0, 0.05) is 0 Å². The summed E-state index contributed by atoms with van der Waals surface area (Å²) < 4.78 is 5.06. The Kier molecular flexibility index (Phi) is 5.43. The van der Waals surface area contributed by atoms with Crippen molar-refractivity contribution in [2.45, 2.75) is 31.8 Å². The standard InChI is InChI=1S/C19H19N5O3S/c25-17(20-15-8-3-6-13-5-1-2-7-14(13)15)12-27-18(26)11-24-22-19(21-23-24)16-9-4-10-28-16/h1-2,4-5,7,9-10,15H,3,6,8,11-12H2,(H,20,25)/t15-/m1/s1. The SMILES string of the molecule is O=C(COC(=O)Cn1nnc(-c2cccs2)n1)N[C@@H]1CCCc2ccccc21. The number of ether oxygens (including phenoxy) is 1. The number of benzene rings is 1. The molecule has 0 saturated carbocycles. The Bertz CT molecular complexity index is 970. The molecule has 2 heterocycles. The van der Waals surface area contributed by atoms with Crippen molar-refractivity contribution in [2.24, 2.45) is 0 Å². The predicted molar refractivity (Wildman–Crippen MR) is 102 cm³/mol. The number of carbonyl (C=O) groups is 2. The van der Waals surface area contributed by atoms with Crippen LogP contribution in [0.15, 0.2) is 41.8 Å². The summed E-state index contributed by atoms with van der Waals surface area (Å²) >= 11 is 1.49. The van der Waals surface area contributed by atoms with Gasteiger partial charge in [-0.1, -0.05) is 30.3 Å². The van der Waals surface area contributed by atoms with E-state index in [0.29, 0.717) is 5.82 Å². The molecule has 0 bridgehead atoms. The van der Waals surface area contributed by atoms with Crippen molar-refractivity contribution in [3.05, 3.63) is 52.9 Å². The summed E-state index contributed by atoms with van der Waals surface area (Å²) in [5.41, 5.74) is 2.40. The zero-order chi connectivity index (χ0) is 19.3. The van der Waals surface area contributed by atoms with Crippen molar-refractivity contribution >= 4 is 23.2 Å². The fourth-order valence-corrected chi connectivity index (χ4v) is 3.91. The van der Waals surface area contributed by atoms with E-state index >= 15 is 0 Å². The summed E-state index contributed by atoms with van der Waals surface area (Å²) in [6, 6.07) is 11.8. The van der Waals surface area contributed by atoms with E-state index in [4.69, 9.17) is 4.74 Å². The largest absolute Gasteiger partial charge is 0.454 e. The molecule has 0 radical (unpaired) electrons. The van der Waals surface area contributed by atoms with Gasteiger partial charge in [0.1, 0.15) is 0 Å². The third-order valence-electron chi connectivity index (χ3n) is 4.53. The van der Waals surface area contributed by atoms with E-state index in [1.807, 2.05) is 35.7 Å². The molecule has 144 valence electrons. The third kappa shape index (κ3) is 4.25. The minimum absolute atomic E-state index is 0.0403. The quantitative estimate of drug-likeness (QED) is 0.640. The number of carbonyl (C=O) groups excluding carboxylic acids is 2. The Balaban J connectivity index is 1.27. The molecule has 1 atom stereocenters. The van der Waals surface area contributed by atoms with Crippen LogP contribution >= 0.6 is 11.3 Å². The van der Waals surface area contributed by atoms with E-state index in [-0.39, 0.29) is 25.1 Å². The number of amides is 1. The first-order valence-corrected chi connectivity index (χ1v) is 9.91. The molecule has 0 aliphatic heterocycles. The minimum atomic E-state index is -0.589. The fourth-order valence-electron chi connectivity index (χ4n) is 3.26. The number of aryl methyl sites for hydroxylation is 1. The lowest BCUT2D eigenvalue weighted by atomic mass is 9.88. The van der Waals surface area contributed by atoms with Gasteiger partial charge in [-0.2, -0.15) is 4.80 Å². The van der Waals surface area contributed by atoms with Gasteiger partial charge in [0.25, 0.3) is 5.91 Å². The topological polar surface area (TPSA) is 99.0 Å². The average molecular weight is 397 g/mol. The first-order valence-electron chi connectivity index (χ1n) is 9.03. The predicted octanol–water partition coefficient (Wildman–Crippen LogP) is 2.14. The lowest BCUT2D eigenvalue weighted by molar-refractivity contribution is -0.149. The van der Waals surface area contributed by atoms with Crippen LogP contribution in [0, 0.1) is 0 Å². The van der Waals surface area contributed by atoms with Crippen LogP contribution < -0.4 is 5.32 Å². The van der Waals surface area contributed by atoms with Crippen LogP contribution in [0.25, 0.3) is 10.7 Å². The Morgan fingerprint density at radius 1 is 1.25 bits per heavy atom. The number of thiophene rings is 1. The van der Waals surface area contributed by atoms with Crippen LogP contribution in [0.4, 0.5) is 0 Å². The van der Waals surface area contributed by atoms with Gasteiger partial charge in [-0.15, -0.1) is 21.5 Å². The summed E-state index contributed by atoms with van der Waals surface area (Å²) in [7, 11) is 0. The molecule has 1 aliphatic rings. The number of nitrogens with one attached hydrogen (secondary N) is 1. The van der Waals surface area contributed by atoms with Crippen LogP contribution in [-0.2, 0) is 27.3 Å². The van der Waals surface area contributed by atoms with Gasteiger partial charge in [-0.05, 0) is 47.0 Å². The van der Waals surface area contributed by atoms with Gasteiger partial charge in [0.2, 0.25) is 5.82 Å². The minimum Gasteiger partial charge on any atom is -0.454 e. The first-order chi connectivity index (χ1) is 13.7. The maximum Gasteiger partial charge on any atom is 0.330 e. The molecule has 1 aromatic carbocycles. The second-order valence-corrected chi connectivity index (χ2v) is 7.44. The zero-order valence-electron chi connectivity index (χ0n) is 15.1. The number of rotatable bonds is 6. The number of tetrazole rings is 1. The van der Waals surface area contributed by atoms with Crippen molar-refractivity contribution < 1.29 is 14.3 Å². The highest BCUT2D eigenvalue weighted by atomic mass is 32.1. The van der Waals surface area contributed by atoms with Crippen LogP contribution in [-0.4, -0.2) is 38.7 Å². The Labute approximate surface area is 165 Å². The molecule has 0 spiro atoms. The van der Waals surface area contributed by atoms with Crippen molar-refractivity contribution in [1.82, 2.24) is 25.5 Å². The Morgan fingerprint density at radius 2 is 2.14 bits per heavy atom. The van der Waals surface area contributed by atoms with Crippen LogP contribution in [0.5, 0.6) is 0 Å². The molecule has 9 heteroatoms. The first kappa shape index (κ1) is 18.3. The number of hydrogen-bond donors (Lipinski definition) is 1. The van der Waals surface area contributed by atoms with Gasteiger partial charge in [-0.25, -0.2) is 4.79 Å². The smallest absolute Gasteiger partial charge is 0.330 e. The van der Waals surface area contributed by atoms with Gasteiger partial charge >= 0.3 is 5.97 Å². The monoisotopic (exact) mass is 397 g/mol. The van der Waals surface area contributed by atoms with Crippen LogP contribution in [0.3, 0.4) is 0 Å². The van der Waals surface area contributed by atoms with Crippen LogP contribution in [0.2, 0.25) is 0 Å². The number of aromatic nitrogens is 4. The average Bonchev–Trinajstić information content (AvgIpc) is 3.38. The maximum atomic E-state index is 12.2. The number of fused-ring (bicyclic) bond motifs is 1. The molecule has 0 unspecified atom stereocenters. The van der Waals surface area contributed by atoms with Gasteiger partial charge in [0.15, 0.2) is 13.2 Å². The van der Waals surface area contributed by atoms with E-state index in [1.165, 1.54) is 16.9 Å². The highest BCUT2D eigenvalue weighted by Gasteiger charge is 2.22. The van der Waals surface area contributed by atoms with E-state index in [1.54, 1.807) is 0 Å². The second kappa shape index (κ2) is 8.30. The highest BCUT2D eigenvalue weighted by molar-refractivity contribution is 7.13. The van der Waals surface area contributed by atoms with Crippen molar-refractivity contribution in [1.29, 1.82) is 0 Å². The summed E-state index contributed by atoms with van der Waals surface area (Å²) in [5, 5.41) is 16.8. The molecule has 28 heavy (non-hydrogen) atoms. The van der Waals surface area contributed by atoms with Crippen molar-refractivity contribution in [3.63, 3.8) is 0 Å². The number of hydrogen-bond acceptors (Lipinski definition) is 7. The molecule has 4 rings (SSSR count). The third-order valence-corrected chi connectivity index (χ3v) is 5.40. The summed E-state index contributed by atoms with van der Waals surface area (Å²) in [4.78, 5) is 26.2. The molecule has 1 aliphatic carbocycles. The summed E-state index contributed by atoms with van der Waals surface area (Å²) in [6.45, 7) is -0.526.